The van der Waals surface area contributed by atoms with E-state index in [9.17, 15) is 14.4 Å². The fourth-order valence-corrected chi connectivity index (χ4v) is 3.51. The maximum atomic E-state index is 12.5. The second-order valence-corrected chi connectivity index (χ2v) is 7.07. The fraction of sp³-hybridized carbons (Fsp3) is 0.450. The van der Waals surface area contributed by atoms with Gasteiger partial charge in [0.05, 0.1) is 7.11 Å². The van der Waals surface area contributed by atoms with Gasteiger partial charge in [0.2, 0.25) is 5.91 Å². The van der Waals surface area contributed by atoms with Gasteiger partial charge in [-0.05, 0) is 30.5 Å². The van der Waals surface area contributed by atoms with Gasteiger partial charge < -0.3 is 15.0 Å². The molecular weight excluding hydrogens is 360 g/mol. The Morgan fingerprint density at radius 3 is 2.54 bits per heavy atom. The lowest BCUT2D eigenvalue weighted by Gasteiger charge is -2.33. The van der Waals surface area contributed by atoms with Gasteiger partial charge in [-0.3, -0.25) is 18.7 Å². The molecule has 1 saturated heterocycles. The number of aromatic nitrogens is 2. The summed E-state index contributed by atoms with van der Waals surface area (Å²) in [5, 5.41) is 2.99. The van der Waals surface area contributed by atoms with Crippen molar-refractivity contribution in [2.45, 2.75) is 19.4 Å². The van der Waals surface area contributed by atoms with Gasteiger partial charge in [0, 0.05) is 45.7 Å². The van der Waals surface area contributed by atoms with E-state index in [1.165, 1.54) is 17.7 Å². The van der Waals surface area contributed by atoms with E-state index in [0.29, 0.717) is 38.3 Å². The number of carbonyl (C=O) groups is 1. The highest BCUT2D eigenvalue weighted by Gasteiger charge is 2.26. The first-order valence-electron chi connectivity index (χ1n) is 9.33. The van der Waals surface area contributed by atoms with Crippen LogP contribution in [-0.2, 0) is 25.4 Å². The summed E-state index contributed by atoms with van der Waals surface area (Å²) in [6.07, 6.45) is 1.35. The van der Waals surface area contributed by atoms with Crippen LogP contribution in [0.5, 0.6) is 5.75 Å². The number of rotatable bonds is 5. The summed E-state index contributed by atoms with van der Waals surface area (Å²) in [6.45, 7) is 1.70. The number of ether oxygens (including phenoxy) is 1. The van der Waals surface area contributed by atoms with Crippen molar-refractivity contribution in [2.24, 2.45) is 20.0 Å². The highest BCUT2D eigenvalue weighted by atomic mass is 16.5. The molecule has 0 unspecified atom stereocenters. The summed E-state index contributed by atoms with van der Waals surface area (Å²) in [6, 6.07) is 9.09. The number of hydrogen-bond acceptors (Lipinski definition) is 5. The number of hydrogen-bond donors (Lipinski definition) is 1. The molecular formula is C20H26N4O4. The van der Waals surface area contributed by atoms with Gasteiger partial charge in [0.25, 0.3) is 5.56 Å². The zero-order chi connectivity index (χ0) is 20.3. The van der Waals surface area contributed by atoms with Crippen molar-refractivity contribution in [3.63, 3.8) is 0 Å². The van der Waals surface area contributed by atoms with Crippen LogP contribution in [0, 0.1) is 5.92 Å². The van der Waals surface area contributed by atoms with Gasteiger partial charge in [-0.1, -0.05) is 12.1 Å². The third kappa shape index (κ3) is 4.11. The minimum absolute atomic E-state index is 0.0281. The zero-order valence-corrected chi connectivity index (χ0v) is 16.5. The fourth-order valence-electron chi connectivity index (χ4n) is 3.51. The van der Waals surface area contributed by atoms with Crippen LogP contribution >= 0.6 is 0 Å². The van der Waals surface area contributed by atoms with Crippen LogP contribution in [0.15, 0.2) is 39.9 Å². The Morgan fingerprint density at radius 1 is 1.14 bits per heavy atom. The van der Waals surface area contributed by atoms with Gasteiger partial charge in [0.1, 0.15) is 11.6 Å². The third-order valence-corrected chi connectivity index (χ3v) is 5.29. The SMILES string of the molecule is COc1cccc(CNC(=O)C2CCN(c3cc(=O)n(C)c(=O)n3C)CC2)c1. The smallest absolute Gasteiger partial charge is 0.332 e. The number of amides is 1. The predicted octanol–water partition coefficient (Wildman–Crippen LogP) is 0.625. The number of nitrogens with zero attached hydrogens (tertiary/aromatic N) is 3. The van der Waals surface area contributed by atoms with Crippen LogP contribution in [-0.4, -0.2) is 35.2 Å². The molecule has 8 nitrogen and oxygen atoms in total. The molecule has 3 rings (SSSR count). The average Bonchev–Trinajstić information content (AvgIpc) is 2.73. The molecule has 1 aliphatic heterocycles. The van der Waals surface area contributed by atoms with Crippen LogP contribution in [0.3, 0.4) is 0 Å². The lowest BCUT2D eigenvalue weighted by Crippen LogP contribution is -2.44. The summed E-state index contributed by atoms with van der Waals surface area (Å²) in [5.74, 6) is 1.31. The molecule has 2 aromatic rings. The summed E-state index contributed by atoms with van der Waals surface area (Å²) in [7, 11) is 4.74. The van der Waals surface area contributed by atoms with Crippen molar-refractivity contribution in [2.75, 3.05) is 25.1 Å². The highest BCUT2D eigenvalue weighted by molar-refractivity contribution is 5.79. The number of piperidine rings is 1. The Labute approximate surface area is 163 Å². The Bertz CT molecular complexity index is 971. The molecule has 0 bridgehead atoms. The molecule has 0 atom stereocenters. The topological polar surface area (TPSA) is 85.6 Å². The van der Waals surface area contributed by atoms with E-state index < -0.39 is 0 Å². The second-order valence-electron chi connectivity index (χ2n) is 7.07. The van der Waals surface area contributed by atoms with Crippen molar-refractivity contribution in [1.82, 2.24) is 14.5 Å². The van der Waals surface area contributed by atoms with Gasteiger partial charge in [0.15, 0.2) is 0 Å². The summed E-state index contributed by atoms with van der Waals surface area (Å²) >= 11 is 0. The Kier molecular flexibility index (Phi) is 5.87. The molecule has 1 amide bonds. The highest BCUT2D eigenvalue weighted by Crippen LogP contribution is 2.22. The summed E-state index contributed by atoms with van der Waals surface area (Å²) < 4.78 is 7.76. The Balaban J connectivity index is 1.58. The first-order chi connectivity index (χ1) is 13.4. The molecule has 28 heavy (non-hydrogen) atoms. The summed E-state index contributed by atoms with van der Waals surface area (Å²) in [5.41, 5.74) is 0.317. The predicted molar refractivity (Wildman–Crippen MR) is 107 cm³/mol. The molecule has 0 radical (unpaired) electrons. The number of methoxy groups -OCH3 is 1. The molecule has 8 heteroatoms. The van der Waals surface area contributed by atoms with E-state index >= 15 is 0 Å². The lowest BCUT2D eigenvalue weighted by atomic mass is 9.96. The Morgan fingerprint density at radius 2 is 1.86 bits per heavy atom. The van der Waals surface area contributed by atoms with E-state index in [0.717, 1.165) is 15.9 Å². The third-order valence-electron chi connectivity index (χ3n) is 5.29. The van der Waals surface area contributed by atoms with E-state index in [1.807, 2.05) is 29.2 Å². The molecule has 1 N–H and O–H groups in total. The van der Waals surface area contributed by atoms with E-state index in [1.54, 1.807) is 14.2 Å². The maximum Gasteiger partial charge on any atom is 0.332 e. The molecule has 1 aromatic carbocycles. The minimum atomic E-state index is -0.347. The largest absolute Gasteiger partial charge is 0.497 e. The molecule has 1 aliphatic rings. The summed E-state index contributed by atoms with van der Waals surface area (Å²) in [4.78, 5) is 38.6. The number of nitrogens with one attached hydrogen (secondary N) is 1. The molecule has 0 saturated carbocycles. The maximum absolute atomic E-state index is 12.5. The van der Waals surface area contributed by atoms with Crippen molar-refractivity contribution in [1.29, 1.82) is 0 Å². The number of carbonyl (C=O) groups excluding carboxylic acids is 1. The van der Waals surface area contributed by atoms with Crippen LogP contribution in [0.25, 0.3) is 0 Å². The lowest BCUT2D eigenvalue weighted by molar-refractivity contribution is -0.125. The minimum Gasteiger partial charge on any atom is -0.497 e. The second kappa shape index (κ2) is 8.33. The van der Waals surface area contributed by atoms with Crippen molar-refractivity contribution in [3.8, 4) is 5.75 Å². The molecule has 1 aromatic heterocycles. The van der Waals surface area contributed by atoms with Gasteiger partial charge in [-0.15, -0.1) is 0 Å². The first-order valence-corrected chi connectivity index (χ1v) is 9.33. The molecule has 0 aliphatic carbocycles. The standard InChI is InChI=1S/C20H26N4O4/c1-22-17(12-18(25)23(2)20(22)27)24-9-7-15(8-10-24)19(26)21-13-14-5-4-6-16(11-14)28-3/h4-6,11-12,15H,7-10,13H2,1-3H3,(H,21,26). The van der Waals surface area contributed by atoms with Crippen LogP contribution < -0.4 is 26.2 Å². The molecule has 2 heterocycles. The van der Waals surface area contributed by atoms with Crippen LogP contribution in [0.1, 0.15) is 18.4 Å². The number of benzene rings is 1. The van der Waals surface area contributed by atoms with Crippen molar-refractivity contribution >= 4 is 11.7 Å². The number of anilines is 1. The molecule has 0 spiro atoms. The molecule has 150 valence electrons. The average molecular weight is 386 g/mol. The van der Waals surface area contributed by atoms with Crippen LogP contribution in [0.4, 0.5) is 5.82 Å². The zero-order valence-electron chi connectivity index (χ0n) is 16.5. The first kappa shape index (κ1) is 19.7. The van der Waals surface area contributed by atoms with E-state index in [-0.39, 0.29) is 23.1 Å². The van der Waals surface area contributed by atoms with E-state index in [2.05, 4.69) is 5.32 Å². The Hall–Kier alpha value is -3.03. The molecule has 1 fully saturated rings. The van der Waals surface area contributed by atoms with Gasteiger partial charge in [-0.2, -0.15) is 0 Å². The van der Waals surface area contributed by atoms with Crippen LogP contribution in [0.2, 0.25) is 0 Å². The van der Waals surface area contributed by atoms with Crippen molar-refractivity contribution in [3.05, 3.63) is 56.7 Å². The van der Waals surface area contributed by atoms with E-state index in [4.69, 9.17) is 4.74 Å². The van der Waals surface area contributed by atoms with Gasteiger partial charge >= 0.3 is 5.69 Å². The quantitative estimate of drug-likeness (QED) is 0.815. The normalized spacial score (nSPS) is 14.8. The monoisotopic (exact) mass is 386 g/mol. The van der Waals surface area contributed by atoms with Gasteiger partial charge in [-0.25, -0.2) is 4.79 Å². The van der Waals surface area contributed by atoms with Crippen molar-refractivity contribution < 1.29 is 9.53 Å².